The zero-order chi connectivity index (χ0) is 13.9. The zero-order valence-corrected chi connectivity index (χ0v) is 12.3. The molecule has 3 nitrogen and oxygen atoms in total. The van der Waals surface area contributed by atoms with E-state index in [1.54, 1.807) is 14.2 Å². The van der Waals surface area contributed by atoms with Gasteiger partial charge in [-0.2, -0.15) is 0 Å². The van der Waals surface area contributed by atoms with Gasteiger partial charge in [0.1, 0.15) is 0 Å². The molecule has 106 valence electrons. The Labute approximate surface area is 116 Å². The second-order valence-corrected chi connectivity index (χ2v) is 4.52. The minimum Gasteiger partial charge on any atom is -0.493 e. The van der Waals surface area contributed by atoms with E-state index in [-0.39, 0.29) is 0 Å². The van der Waals surface area contributed by atoms with Crippen LogP contribution in [0.15, 0.2) is 23.2 Å². The first-order chi connectivity index (χ1) is 9.31. The Kier molecular flexibility index (Phi) is 7.71. The van der Waals surface area contributed by atoms with Crippen molar-refractivity contribution in [2.45, 2.75) is 39.0 Å². The maximum atomic E-state index is 5.29. The Bertz CT molecular complexity index is 388. The fraction of sp³-hybridized carbons (Fsp3) is 0.562. The average molecular weight is 263 g/mol. The predicted octanol–water partition coefficient (Wildman–Crippen LogP) is 3.90. The number of hydrogen-bond donors (Lipinski definition) is 0. The van der Waals surface area contributed by atoms with Crippen molar-refractivity contribution in [3.05, 3.63) is 23.8 Å². The maximum absolute atomic E-state index is 5.29. The lowest BCUT2D eigenvalue weighted by atomic mass is 10.1. The summed E-state index contributed by atoms with van der Waals surface area (Å²) in [6.45, 7) is 3.05. The Hall–Kier alpha value is -1.51. The highest BCUT2D eigenvalue weighted by Gasteiger charge is 2.03. The molecule has 1 aromatic carbocycles. The Balaban J connectivity index is 2.37. The third-order valence-corrected chi connectivity index (χ3v) is 3.04. The van der Waals surface area contributed by atoms with Gasteiger partial charge < -0.3 is 9.47 Å². The van der Waals surface area contributed by atoms with Gasteiger partial charge in [-0.3, -0.25) is 4.99 Å². The number of unbranched alkanes of at least 4 members (excludes halogenated alkanes) is 3. The number of ether oxygens (including phenoxy) is 2. The van der Waals surface area contributed by atoms with Gasteiger partial charge in [0.15, 0.2) is 11.5 Å². The van der Waals surface area contributed by atoms with E-state index in [2.05, 4.69) is 24.2 Å². The summed E-state index contributed by atoms with van der Waals surface area (Å²) in [5, 5.41) is 0. The van der Waals surface area contributed by atoms with Crippen LogP contribution in [0.4, 0.5) is 0 Å². The van der Waals surface area contributed by atoms with E-state index < -0.39 is 0 Å². The summed E-state index contributed by atoms with van der Waals surface area (Å²) in [4.78, 5) is 4.44. The van der Waals surface area contributed by atoms with Crippen LogP contribution in [0.2, 0.25) is 0 Å². The molecule has 0 heterocycles. The molecule has 0 aliphatic rings. The normalized spacial score (nSPS) is 10.9. The molecule has 19 heavy (non-hydrogen) atoms. The summed E-state index contributed by atoms with van der Waals surface area (Å²) in [5.74, 6) is 1.56. The van der Waals surface area contributed by atoms with Crippen molar-refractivity contribution < 1.29 is 9.47 Å². The number of methoxy groups -OCH3 is 2. The molecule has 1 aromatic rings. The highest BCUT2D eigenvalue weighted by Crippen LogP contribution is 2.27. The maximum Gasteiger partial charge on any atom is 0.160 e. The van der Waals surface area contributed by atoms with Gasteiger partial charge in [0, 0.05) is 6.54 Å². The zero-order valence-electron chi connectivity index (χ0n) is 12.3. The van der Waals surface area contributed by atoms with E-state index in [9.17, 15) is 0 Å². The number of rotatable bonds is 9. The molecule has 0 aromatic heterocycles. The molecular formula is C16H25NO2. The lowest BCUT2D eigenvalue weighted by Crippen LogP contribution is -1.94. The first-order valence-corrected chi connectivity index (χ1v) is 7.01. The second kappa shape index (κ2) is 9.42. The molecule has 0 amide bonds. The van der Waals surface area contributed by atoms with Crippen LogP contribution in [-0.2, 0) is 6.42 Å². The van der Waals surface area contributed by atoms with Crippen LogP contribution >= 0.6 is 0 Å². The van der Waals surface area contributed by atoms with Crippen molar-refractivity contribution in [1.29, 1.82) is 0 Å². The number of nitrogens with zero attached hydrogens (tertiary/aromatic N) is 1. The van der Waals surface area contributed by atoms with E-state index in [4.69, 9.17) is 9.47 Å². The molecule has 1 rings (SSSR count). The van der Waals surface area contributed by atoms with Gasteiger partial charge in [-0.05, 0) is 43.2 Å². The lowest BCUT2D eigenvalue weighted by Gasteiger charge is -2.08. The minimum absolute atomic E-state index is 0.773. The van der Waals surface area contributed by atoms with Gasteiger partial charge >= 0.3 is 0 Å². The molecule has 0 atom stereocenters. The lowest BCUT2D eigenvalue weighted by molar-refractivity contribution is 0.354. The number of aliphatic imine (C=N–C) groups is 1. The SMILES string of the molecule is CCCCCC=NCCc1ccc(OC)c(OC)c1. The quantitative estimate of drug-likeness (QED) is 0.500. The largest absolute Gasteiger partial charge is 0.493 e. The third-order valence-electron chi connectivity index (χ3n) is 3.04. The van der Waals surface area contributed by atoms with Crippen molar-refractivity contribution in [2.24, 2.45) is 4.99 Å². The van der Waals surface area contributed by atoms with Gasteiger partial charge in [-0.15, -0.1) is 0 Å². The molecule has 3 heteroatoms. The molecule has 0 N–H and O–H groups in total. The van der Waals surface area contributed by atoms with Gasteiger partial charge in [0.05, 0.1) is 14.2 Å². The van der Waals surface area contributed by atoms with Crippen molar-refractivity contribution >= 4 is 6.21 Å². The highest BCUT2D eigenvalue weighted by molar-refractivity contribution is 5.57. The summed E-state index contributed by atoms with van der Waals surface area (Å²) in [6, 6.07) is 6.03. The van der Waals surface area contributed by atoms with Crippen molar-refractivity contribution in [2.75, 3.05) is 20.8 Å². The van der Waals surface area contributed by atoms with E-state index in [0.717, 1.165) is 30.9 Å². The second-order valence-electron chi connectivity index (χ2n) is 4.52. The van der Waals surface area contributed by atoms with E-state index in [1.807, 2.05) is 12.1 Å². The van der Waals surface area contributed by atoms with Crippen molar-refractivity contribution in [3.8, 4) is 11.5 Å². The monoisotopic (exact) mass is 263 g/mol. The Morgan fingerprint density at radius 2 is 1.89 bits per heavy atom. The van der Waals surface area contributed by atoms with Crippen LogP contribution in [-0.4, -0.2) is 27.0 Å². The molecule has 0 radical (unpaired) electrons. The topological polar surface area (TPSA) is 30.8 Å². The van der Waals surface area contributed by atoms with E-state index in [1.165, 1.54) is 24.8 Å². The van der Waals surface area contributed by atoms with Crippen LogP contribution in [0.1, 0.15) is 38.2 Å². The summed E-state index contributed by atoms with van der Waals surface area (Å²) >= 11 is 0. The molecule has 0 aliphatic heterocycles. The first-order valence-electron chi connectivity index (χ1n) is 7.01. The molecule has 0 saturated carbocycles. The summed E-state index contributed by atoms with van der Waals surface area (Å²) in [5.41, 5.74) is 1.23. The fourth-order valence-electron chi connectivity index (χ4n) is 1.90. The van der Waals surface area contributed by atoms with Crippen LogP contribution in [0.25, 0.3) is 0 Å². The molecule has 0 saturated heterocycles. The summed E-state index contributed by atoms with van der Waals surface area (Å²) < 4.78 is 10.5. The van der Waals surface area contributed by atoms with Crippen molar-refractivity contribution in [1.82, 2.24) is 0 Å². The standard InChI is InChI=1S/C16H25NO2/c1-4-5-6-7-11-17-12-10-14-8-9-15(18-2)16(13-14)19-3/h8-9,11,13H,4-7,10,12H2,1-3H3. The minimum atomic E-state index is 0.773. The van der Waals surface area contributed by atoms with Crippen molar-refractivity contribution in [3.63, 3.8) is 0 Å². The number of benzene rings is 1. The van der Waals surface area contributed by atoms with E-state index in [0.29, 0.717) is 0 Å². The van der Waals surface area contributed by atoms with Crippen LogP contribution < -0.4 is 9.47 Å². The molecule has 0 bridgehead atoms. The molecular weight excluding hydrogens is 238 g/mol. The summed E-state index contributed by atoms with van der Waals surface area (Å²) in [6.07, 6.45) is 7.89. The fourth-order valence-corrected chi connectivity index (χ4v) is 1.90. The van der Waals surface area contributed by atoms with Crippen LogP contribution in [0.5, 0.6) is 11.5 Å². The van der Waals surface area contributed by atoms with Gasteiger partial charge in [-0.1, -0.05) is 25.8 Å². The highest BCUT2D eigenvalue weighted by atomic mass is 16.5. The Morgan fingerprint density at radius 1 is 1.11 bits per heavy atom. The van der Waals surface area contributed by atoms with Gasteiger partial charge in [0.25, 0.3) is 0 Å². The van der Waals surface area contributed by atoms with Gasteiger partial charge in [0.2, 0.25) is 0 Å². The summed E-state index contributed by atoms with van der Waals surface area (Å²) in [7, 11) is 3.31. The molecule has 0 spiro atoms. The smallest absolute Gasteiger partial charge is 0.160 e. The number of hydrogen-bond acceptors (Lipinski definition) is 3. The van der Waals surface area contributed by atoms with Gasteiger partial charge in [-0.25, -0.2) is 0 Å². The average Bonchev–Trinajstić information content (AvgIpc) is 2.46. The predicted molar refractivity (Wildman–Crippen MR) is 80.8 cm³/mol. The molecule has 0 unspecified atom stereocenters. The Morgan fingerprint density at radius 3 is 2.58 bits per heavy atom. The molecule has 0 aliphatic carbocycles. The third kappa shape index (κ3) is 5.77. The van der Waals surface area contributed by atoms with E-state index >= 15 is 0 Å². The van der Waals surface area contributed by atoms with Crippen LogP contribution in [0.3, 0.4) is 0 Å². The van der Waals surface area contributed by atoms with Crippen LogP contribution in [0, 0.1) is 0 Å². The molecule has 0 fully saturated rings. The first kappa shape index (κ1) is 15.5.